The molecular formula is C26H22FNO4. The highest BCUT2D eigenvalue weighted by atomic mass is 19.1. The average Bonchev–Trinajstić information content (AvgIpc) is 3.05. The van der Waals surface area contributed by atoms with Gasteiger partial charge in [0, 0.05) is 16.8 Å². The van der Waals surface area contributed by atoms with Gasteiger partial charge in [0.2, 0.25) is 0 Å². The Kier molecular flexibility index (Phi) is 5.77. The Bertz CT molecular complexity index is 1230. The Morgan fingerprint density at radius 1 is 1.03 bits per heavy atom. The zero-order valence-electron chi connectivity index (χ0n) is 17.7. The Labute approximate surface area is 185 Å². The van der Waals surface area contributed by atoms with Crippen molar-refractivity contribution in [2.24, 2.45) is 0 Å². The largest absolute Gasteiger partial charge is 0.507 e. The molecule has 1 fully saturated rings. The molecule has 5 nitrogen and oxygen atoms in total. The van der Waals surface area contributed by atoms with Crippen molar-refractivity contribution in [1.82, 2.24) is 0 Å². The molecule has 6 heteroatoms. The highest BCUT2D eigenvalue weighted by molar-refractivity contribution is 6.51. The summed E-state index contributed by atoms with van der Waals surface area (Å²) in [5.74, 6) is -2.15. The minimum Gasteiger partial charge on any atom is -0.507 e. The van der Waals surface area contributed by atoms with Crippen LogP contribution in [-0.2, 0) is 9.59 Å². The fraction of sp³-hybridized carbons (Fsp3) is 0.154. The van der Waals surface area contributed by atoms with E-state index in [0.717, 1.165) is 5.56 Å². The molecule has 3 aromatic carbocycles. The Morgan fingerprint density at radius 3 is 2.47 bits per heavy atom. The topological polar surface area (TPSA) is 66.8 Å². The molecule has 1 aliphatic rings. The van der Waals surface area contributed by atoms with Gasteiger partial charge in [0.15, 0.2) is 0 Å². The van der Waals surface area contributed by atoms with E-state index >= 15 is 0 Å². The van der Waals surface area contributed by atoms with E-state index in [9.17, 15) is 19.1 Å². The molecule has 0 saturated carbocycles. The average molecular weight is 431 g/mol. The second-order valence-corrected chi connectivity index (χ2v) is 7.44. The van der Waals surface area contributed by atoms with Crippen LogP contribution in [0.1, 0.15) is 29.7 Å². The second kappa shape index (κ2) is 8.67. The normalized spacial score (nSPS) is 17.6. The number of amides is 1. The molecule has 1 heterocycles. The number of aliphatic hydroxyl groups excluding tert-OH is 1. The summed E-state index contributed by atoms with van der Waals surface area (Å²) in [4.78, 5) is 27.6. The summed E-state index contributed by atoms with van der Waals surface area (Å²) in [6.45, 7) is 4.06. The molecule has 162 valence electrons. The van der Waals surface area contributed by atoms with Gasteiger partial charge < -0.3 is 9.84 Å². The van der Waals surface area contributed by atoms with Gasteiger partial charge in [-0.25, -0.2) is 4.39 Å². The van der Waals surface area contributed by atoms with Gasteiger partial charge in [0.25, 0.3) is 11.7 Å². The van der Waals surface area contributed by atoms with Crippen LogP contribution in [0.5, 0.6) is 5.75 Å². The van der Waals surface area contributed by atoms with Crippen LogP contribution in [0.4, 0.5) is 10.1 Å². The van der Waals surface area contributed by atoms with Crippen molar-refractivity contribution < 1.29 is 23.8 Å². The van der Waals surface area contributed by atoms with Crippen LogP contribution < -0.4 is 9.64 Å². The summed E-state index contributed by atoms with van der Waals surface area (Å²) >= 11 is 0. The number of para-hydroxylation sites is 1. The van der Waals surface area contributed by atoms with Gasteiger partial charge in [-0.3, -0.25) is 14.5 Å². The maximum atomic E-state index is 14.9. The molecule has 4 rings (SSSR count). The van der Waals surface area contributed by atoms with Crippen molar-refractivity contribution in [3.63, 3.8) is 0 Å². The molecular weight excluding hydrogens is 409 g/mol. The van der Waals surface area contributed by atoms with E-state index in [1.807, 2.05) is 13.0 Å². The molecule has 1 aliphatic heterocycles. The number of hydrogen-bond acceptors (Lipinski definition) is 4. The number of ether oxygens (including phenoxy) is 1. The zero-order chi connectivity index (χ0) is 22.8. The Hall–Kier alpha value is -3.93. The number of ketones is 1. The maximum Gasteiger partial charge on any atom is 0.300 e. The summed E-state index contributed by atoms with van der Waals surface area (Å²) in [6.07, 6.45) is 0. The van der Waals surface area contributed by atoms with Crippen LogP contribution in [0.2, 0.25) is 0 Å². The Balaban J connectivity index is 1.97. The number of nitrogens with zero attached hydrogens (tertiary/aromatic N) is 1. The van der Waals surface area contributed by atoms with E-state index in [0.29, 0.717) is 23.6 Å². The summed E-state index contributed by atoms with van der Waals surface area (Å²) < 4.78 is 20.4. The number of halogens is 1. The number of carbonyl (C=O) groups is 2. The molecule has 1 N–H and O–H groups in total. The van der Waals surface area contributed by atoms with Crippen molar-refractivity contribution in [3.05, 3.63) is 101 Å². The van der Waals surface area contributed by atoms with Gasteiger partial charge in [0.1, 0.15) is 17.3 Å². The van der Waals surface area contributed by atoms with E-state index in [-0.39, 0.29) is 16.9 Å². The van der Waals surface area contributed by atoms with Crippen LogP contribution in [-0.4, -0.2) is 23.4 Å². The van der Waals surface area contributed by atoms with Crippen molar-refractivity contribution in [3.8, 4) is 5.75 Å². The van der Waals surface area contributed by atoms with Gasteiger partial charge in [0.05, 0.1) is 18.2 Å². The molecule has 1 amide bonds. The lowest BCUT2D eigenvalue weighted by atomic mass is 9.94. The predicted molar refractivity (Wildman–Crippen MR) is 120 cm³/mol. The standard InChI is InChI=1S/C26H22FNO4/c1-3-32-18-11-8-10-17(15-18)24(29)22-23(19-12-5-6-13-20(19)27)28(26(31)25(22)30)21-14-7-4-9-16(21)2/h4-15,23,29H,3H2,1-2H3/b24-22+. The van der Waals surface area contributed by atoms with E-state index in [2.05, 4.69) is 0 Å². The fourth-order valence-corrected chi connectivity index (χ4v) is 3.96. The molecule has 1 atom stereocenters. The molecule has 0 aliphatic carbocycles. The number of anilines is 1. The van der Waals surface area contributed by atoms with Gasteiger partial charge in [-0.05, 0) is 43.7 Å². The number of aryl methyl sites for hydroxylation is 1. The van der Waals surface area contributed by atoms with Crippen LogP contribution in [0.25, 0.3) is 5.76 Å². The molecule has 1 unspecified atom stereocenters. The number of benzene rings is 3. The molecule has 3 aromatic rings. The van der Waals surface area contributed by atoms with E-state index in [1.165, 1.54) is 23.1 Å². The first-order valence-corrected chi connectivity index (χ1v) is 10.3. The zero-order valence-corrected chi connectivity index (χ0v) is 17.7. The first-order valence-electron chi connectivity index (χ1n) is 10.3. The molecule has 0 bridgehead atoms. The SMILES string of the molecule is CCOc1cccc(/C(O)=C2\C(=O)C(=O)N(c3ccccc3C)C2c2ccccc2F)c1. The summed E-state index contributed by atoms with van der Waals surface area (Å²) in [5, 5.41) is 11.2. The number of rotatable bonds is 5. The van der Waals surface area contributed by atoms with Crippen molar-refractivity contribution >= 4 is 23.1 Å². The smallest absolute Gasteiger partial charge is 0.300 e. The molecule has 0 aromatic heterocycles. The molecule has 0 radical (unpaired) electrons. The lowest BCUT2D eigenvalue weighted by Crippen LogP contribution is -2.30. The maximum absolute atomic E-state index is 14.9. The van der Waals surface area contributed by atoms with Crippen molar-refractivity contribution in [2.75, 3.05) is 11.5 Å². The van der Waals surface area contributed by atoms with Crippen LogP contribution in [0, 0.1) is 12.7 Å². The minimum atomic E-state index is -1.12. The van der Waals surface area contributed by atoms with E-state index < -0.39 is 23.5 Å². The van der Waals surface area contributed by atoms with Gasteiger partial charge in [-0.15, -0.1) is 0 Å². The van der Waals surface area contributed by atoms with Crippen LogP contribution in [0.3, 0.4) is 0 Å². The number of carbonyl (C=O) groups excluding carboxylic acids is 2. The minimum absolute atomic E-state index is 0.123. The summed E-state index contributed by atoms with van der Waals surface area (Å²) in [6, 6.07) is 18.5. The third kappa shape index (κ3) is 3.64. The second-order valence-electron chi connectivity index (χ2n) is 7.44. The van der Waals surface area contributed by atoms with Crippen molar-refractivity contribution in [2.45, 2.75) is 19.9 Å². The van der Waals surface area contributed by atoms with E-state index in [1.54, 1.807) is 55.5 Å². The number of Topliss-reactive ketones (excluding diaryl/α,β-unsaturated/α-hetero) is 1. The quantitative estimate of drug-likeness (QED) is 0.344. The first kappa shape index (κ1) is 21.3. The van der Waals surface area contributed by atoms with E-state index in [4.69, 9.17) is 4.74 Å². The highest BCUT2D eigenvalue weighted by Crippen LogP contribution is 2.43. The van der Waals surface area contributed by atoms with Gasteiger partial charge >= 0.3 is 0 Å². The van der Waals surface area contributed by atoms with Crippen LogP contribution >= 0.6 is 0 Å². The van der Waals surface area contributed by atoms with Crippen molar-refractivity contribution in [1.29, 1.82) is 0 Å². The highest BCUT2D eigenvalue weighted by Gasteiger charge is 2.48. The van der Waals surface area contributed by atoms with Gasteiger partial charge in [-0.2, -0.15) is 0 Å². The lowest BCUT2D eigenvalue weighted by Gasteiger charge is -2.27. The predicted octanol–water partition coefficient (Wildman–Crippen LogP) is 5.16. The lowest BCUT2D eigenvalue weighted by molar-refractivity contribution is -0.132. The number of aliphatic hydroxyl groups is 1. The molecule has 32 heavy (non-hydrogen) atoms. The fourth-order valence-electron chi connectivity index (χ4n) is 3.96. The third-order valence-electron chi connectivity index (χ3n) is 5.44. The summed E-state index contributed by atoms with van der Waals surface area (Å²) in [5.41, 5.74) is 1.48. The Morgan fingerprint density at radius 2 is 1.75 bits per heavy atom. The summed E-state index contributed by atoms with van der Waals surface area (Å²) in [7, 11) is 0. The third-order valence-corrected chi connectivity index (χ3v) is 5.44. The first-order chi connectivity index (χ1) is 15.4. The monoisotopic (exact) mass is 431 g/mol. The van der Waals surface area contributed by atoms with Crippen LogP contribution in [0.15, 0.2) is 78.4 Å². The molecule has 1 saturated heterocycles. The molecule has 0 spiro atoms. The number of hydrogen-bond donors (Lipinski definition) is 1. The van der Waals surface area contributed by atoms with Gasteiger partial charge in [-0.1, -0.05) is 48.5 Å².